The highest BCUT2D eigenvalue weighted by molar-refractivity contribution is 5.94. The van der Waals surface area contributed by atoms with E-state index in [0.29, 0.717) is 32.2 Å². The number of aromatic nitrogens is 1. The number of esters is 1. The van der Waals surface area contributed by atoms with E-state index in [4.69, 9.17) is 19.6 Å². The fraction of sp³-hybridized carbons (Fsp3) is 0.379. The Balaban J connectivity index is 1.49. The first-order valence-corrected chi connectivity index (χ1v) is 13.1. The summed E-state index contributed by atoms with van der Waals surface area (Å²) in [6.45, 7) is 2.61. The van der Waals surface area contributed by atoms with Gasteiger partial charge in [0.2, 0.25) is 5.89 Å². The van der Waals surface area contributed by atoms with Crippen molar-refractivity contribution in [2.24, 2.45) is 5.73 Å². The molecule has 0 aliphatic heterocycles. The van der Waals surface area contributed by atoms with E-state index < -0.39 is 30.1 Å². The number of hydrogen-bond acceptors (Lipinski definition) is 8. The van der Waals surface area contributed by atoms with Gasteiger partial charge in [0.05, 0.1) is 6.04 Å². The fourth-order valence-corrected chi connectivity index (χ4v) is 3.75. The lowest BCUT2D eigenvalue weighted by atomic mass is 10.1. The fourth-order valence-electron chi connectivity index (χ4n) is 3.75. The van der Waals surface area contributed by atoms with Gasteiger partial charge in [-0.05, 0) is 36.8 Å². The van der Waals surface area contributed by atoms with Crippen molar-refractivity contribution in [3.8, 4) is 0 Å². The van der Waals surface area contributed by atoms with Crippen molar-refractivity contribution in [1.82, 2.24) is 15.6 Å². The predicted molar refractivity (Wildman–Crippen MR) is 144 cm³/mol. The number of benzene rings is 2. The maximum absolute atomic E-state index is 12.9. The zero-order valence-corrected chi connectivity index (χ0v) is 22.1. The van der Waals surface area contributed by atoms with E-state index in [0.717, 1.165) is 17.5 Å². The molecule has 0 bridgehead atoms. The van der Waals surface area contributed by atoms with E-state index in [1.54, 1.807) is 0 Å². The summed E-state index contributed by atoms with van der Waals surface area (Å²) in [6, 6.07) is 17.3. The molecular formula is C29H36N4O6. The number of ether oxygens (including phenoxy) is 2. The summed E-state index contributed by atoms with van der Waals surface area (Å²) < 4.78 is 16.0. The van der Waals surface area contributed by atoms with E-state index in [1.807, 2.05) is 67.6 Å². The summed E-state index contributed by atoms with van der Waals surface area (Å²) in [4.78, 5) is 41.9. The lowest BCUT2D eigenvalue weighted by Crippen LogP contribution is -2.42. The number of alkyl carbamates (subject to hydrolysis) is 1. The molecule has 0 saturated heterocycles. The summed E-state index contributed by atoms with van der Waals surface area (Å²) in [5.74, 6) is -0.845. The van der Waals surface area contributed by atoms with Gasteiger partial charge in [0.1, 0.15) is 25.5 Å². The van der Waals surface area contributed by atoms with E-state index in [1.165, 1.54) is 6.26 Å². The topological polar surface area (TPSA) is 146 Å². The zero-order valence-electron chi connectivity index (χ0n) is 22.1. The number of amides is 2. The lowest BCUT2D eigenvalue weighted by Gasteiger charge is -2.17. The summed E-state index contributed by atoms with van der Waals surface area (Å²) >= 11 is 0. The minimum Gasteiger partial charge on any atom is -0.459 e. The predicted octanol–water partition coefficient (Wildman–Crippen LogP) is 4.41. The second kappa shape index (κ2) is 15.9. The highest BCUT2D eigenvalue weighted by Crippen LogP contribution is 2.15. The van der Waals surface area contributed by atoms with E-state index >= 15 is 0 Å². The van der Waals surface area contributed by atoms with E-state index in [-0.39, 0.29) is 24.8 Å². The molecule has 0 radical (unpaired) electrons. The highest BCUT2D eigenvalue weighted by atomic mass is 16.5. The Morgan fingerprint density at radius 2 is 1.56 bits per heavy atom. The summed E-state index contributed by atoms with van der Waals surface area (Å²) in [6.07, 6.45) is 3.64. The van der Waals surface area contributed by atoms with Crippen molar-refractivity contribution in [3.05, 3.63) is 89.6 Å². The van der Waals surface area contributed by atoms with E-state index in [2.05, 4.69) is 15.6 Å². The first kappa shape index (κ1) is 29.4. The van der Waals surface area contributed by atoms with Crippen molar-refractivity contribution >= 4 is 18.0 Å². The third kappa shape index (κ3) is 10.2. The third-order valence-electron chi connectivity index (χ3n) is 5.89. The van der Waals surface area contributed by atoms with Crippen LogP contribution in [0.4, 0.5) is 4.79 Å². The Morgan fingerprint density at radius 1 is 0.923 bits per heavy atom. The summed E-state index contributed by atoms with van der Waals surface area (Å²) in [5.41, 5.74) is 7.80. The van der Waals surface area contributed by atoms with Crippen LogP contribution in [0.1, 0.15) is 72.6 Å². The normalized spacial score (nSPS) is 12.3. The molecule has 2 unspecified atom stereocenters. The van der Waals surface area contributed by atoms with Gasteiger partial charge >= 0.3 is 12.1 Å². The number of nitrogens with zero attached hydrogens (tertiary/aromatic N) is 1. The van der Waals surface area contributed by atoms with Crippen LogP contribution in [0.15, 0.2) is 71.3 Å². The van der Waals surface area contributed by atoms with Crippen LogP contribution in [0.5, 0.6) is 0 Å². The van der Waals surface area contributed by atoms with Gasteiger partial charge in [-0.15, -0.1) is 0 Å². The van der Waals surface area contributed by atoms with Gasteiger partial charge in [-0.3, -0.25) is 4.79 Å². The van der Waals surface area contributed by atoms with Crippen LogP contribution in [-0.2, 0) is 27.5 Å². The smallest absolute Gasteiger partial charge is 0.407 e. The Hall–Kier alpha value is -4.18. The summed E-state index contributed by atoms with van der Waals surface area (Å²) in [5, 5.41) is 5.40. The average Bonchev–Trinajstić information content (AvgIpc) is 3.46. The van der Waals surface area contributed by atoms with Crippen molar-refractivity contribution < 1.29 is 28.3 Å². The number of nitrogens with two attached hydrogens (primary N) is 1. The zero-order chi connectivity index (χ0) is 27.9. The van der Waals surface area contributed by atoms with Crippen molar-refractivity contribution in [2.75, 3.05) is 6.54 Å². The minimum absolute atomic E-state index is 0.0419. The molecule has 0 aliphatic carbocycles. The van der Waals surface area contributed by atoms with Crippen molar-refractivity contribution in [2.45, 2.75) is 64.3 Å². The van der Waals surface area contributed by atoms with Crippen LogP contribution < -0.4 is 16.4 Å². The number of unbranched alkanes of at least 4 members (excludes halogenated alkanes) is 1. The molecule has 208 valence electrons. The van der Waals surface area contributed by atoms with Crippen LogP contribution in [0.2, 0.25) is 0 Å². The van der Waals surface area contributed by atoms with Gasteiger partial charge in [-0.25, -0.2) is 14.6 Å². The number of oxazole rings is 1. The largest absolute Gasteiger partial charge is 0.459 e. The number of carbonyl (C=O) groups is 3. The molecule has 4 N–H and O–H groups in total. The second-order valence-electron chi connectivity index (χ2n) is 9.07. The van der Waals surface area contributed by atoms with Crippen LogP contribution in [-0.4, -0.2) is 35.5 Å². The molecule has 10 heteroatoms. The third-order valence-corrected chi connectivity index (χ3v) is 5.89. The monoisotopic (exact) mass is 536 g/mol. The van der Waals surface area contributed by atoms with Crippen molar-refractivity contribution in [1.29, 1.82) is 0 Å². The Bertz CT molecular complexity index is 1170. The SMILES string of the molecule is CCCC(N)c1nc(C(=O)NC(CCCCNC(=O)OCc2ccccc2)C(=O)OCc2ccccc2)co1. The van der Waals surface area contributed by atoms with Crippen LogP contribution in [0, 0.1) is 0 Å². The van der Waals surface area contributed by atoms with E-state index in [9.17, 15) is 14.4 Å². The molecule has 1 aromatic heterocycles. The molecule has 0 saturated carbocycles. The number of rotatable bonds is 15. The highest BCUT2D eigenvalue weighted by Gasteiger charge is 2.25. The number of carbonyl (C=O) groups excluding carboxylic acids is 3. The Morgan fingerprint density at radius 3 is 2.21 bits per heavy atom. The number of nitrogens with one attached hydrogen (secondary N) is 2. The Labute approximate surface area is 228 Å². The molecule has 1 heterocycles. The van der Waals surface area contributed by atoms with Gasteiger partial charge in [0.15, 0.2) is 5.69 Å². The molecule has 0 aliphatic rings. The van der Waals surface area contributed by atoms with Gasteiger partial charge in [-0.2, -0.15) is 0 Å². The van der Waals surface area contributed by atoms with Gasteiger partial charge in [0, 0.05) is 6.54 Å². The molecule has 2 atom stereocenters. The average molecular weight is 537 g/mol. The summed E-state index contributed by atoms with van der Waals surface area (Å²) in [7, 11) is 0. The molecule has 0 fully saturated rings. The van der Waals surface area contributed by atoms with Gasteiger partial charge in [0.25, 0.3) is 5.91 Å². The molecular weight excluding hydrogens is 500 g/mol. The second-order valence-corrected chi connectivity index (χ2v) is 9.07. The van der Waals surface area contributed by atoms with Crippen LogP contribution in [0.25, 0.3) is 0 Å². The molecule has 10 nitrogen and oxygen atoms in total. The quantitative estimate of drug-likeness (QED) is 0.191. The minimum atomic E-state index is -0.907. The first-order valence-electron chi connectivity index (χ1n) is 13.1. The molecule has 39 heavy (non-hydrogen) atoms. The standard InChI is InChI=1S/C29H36N4O6/c1-2-11-23(30)27-33-25(20-37-27)26(34)32-24(28(35)38-18-21-12-5-3-6-13-21)16-9-10-17-31-29(36)39-19-22-14-7-4-8-15-22/h3-8,12-15,20,23-24H,2,9-11,16-19,30H2,1H3,(H,31,36)(H,32,34). The van der Waals surface area contributed by atoms with Crippen LogP contribution >= 0.6 is 0 Å². The maximum atomic E-state index is 12.9. The molecule has 3 rings (SSSR count). The Kier molecular flexibility index (Phi) is 12.0. The maximum Gasteiger partial charge on any atom is 0.407 e. The molecule has 0 spiro atoms. The molecule has 3 aromatic rings. The molecule has 2 amide bonds. The number of hydrogen-bond donors (Lipinski definition) is 3. The van der Waals surface area contributed by atoms with Gasteiger partial charge in [-0.1, -0.05) is 74.0 Å². The molecule has 2 aromatic carbocycles. The van der Waals surface area contributed by atoms with Crippen LogP contribution in [0.3, 0.4) is 0 Å². The van der Waals surface area contributed by atoms with Crippen molar-refractivity contribution in [3.63, 3.8) is 0 Å². The van der Waals surface area contributed by atoms with Gasteiger partial charge < -0.3 is 30.3 Å². The first-order chi connectivity index (χ1) is 19.0. The lowest BCUT2D eigenvalue weighted by molar-refractivity contribution is -0.147.